The summed E-state index contributed by atoms with van der Waals surface area (Å²) in [5.74, 6) is 0.899. The molecule has 0 unspecified atom stereocenters. The lowest BCUT2D eigenvalue weighted by atomic mass is 10.3. The molecule has 1 fully saturated rings. The third-order valence-electron chi connectivity index (χ3n) is 2.52. The van der Waals surface area contributed by atoms with Crippen molar-refractivity contribution in [3.63, 3.8) is 0 Å². The Labute approximate surface area is 86.3 Å². The Hall–Kier alpha value is -1.69. The van der Waals surface area contributed by atoms with E-state index in [9.17, 15) is 0 Å². The minimum Gasteiger partial charge on any atom is -0.378 e. The maximum absolute atomic E-state index is 5.30. The van der Waals surface area contributed by atoms with Crippen molar-refractivity contribution in [3.8, 4) is 0 Å². The number of anilines is 1. The molecule has 0 spiro atoms. The van der Waals surface area contributed by atoms with Gasteiger partial charge in [-0.2, -0.15) is 5.10 Å². The van der Waals surface area contributed by atoms with Crippen molar-refractivity contribution in [2.75, 3.05) is 31.2 Å². The molecule has 0 atom stereocenters. The highest BCUT2D eigenvalue weighted by atomic mass is 16.5. The largest absolute Gasteiger partial charge is 0.378 e. The topological polar surface area (TPSA) is 66.9 Å². The predicted octanol–water partition coefficient (Wildman–Crippen LogP) is 0.189. The van der Waals surface area contributed by atoms with E-state index in [1.54, 1.807) is 12.5 Å². The average Bonchev–Trinajstić information content (AvgIpc) is 2.74. The van der Waals surface area contributed by atoms with Gasteiger partial charge in [0, 0.05) is 13.1 Å². The van der Waals surface area contributed by atoms with Crippen LogP contribution in [0, 0.1) is 0 Å². The zero-order chi connectivity index (χ0) is 10.1. The summed E-state index contributed by atoms with van der Waals surface area (Å²) in [5, 5.41) is 7.19. The van der Waals surface area contributed by atoms with E-state index in [0.29, 0.717) is 0 Å². The van der Waals surface area contributed by atoms with Gasteiger partial charge in [-0.05, 0) is 0 Å². The summed E-state index contributed by atoms with van der Waals surface area (Å²) in [4.78, 5) is 10.4. The maximum atomic E-state index is 5.30. The monoisotopic (exact) mass is 205 g/mol. The van der Waals surface area contributed by atoms with E-state index in [-0.39, 0.29) is 0 Å². The molecule has 0 bridgehead atoms. The van der Waals surface area contributed by atoms with E-state index in [2.05, 4.69) is 25.1 Å². The molecule has 0 aromatic carbocycles. The summed E-state index contributed by atoms with van der Waals surface area (Å²) in [7, 11) is 0. The number of nitrogens with zero attached hydrogens (tertiary/aromatic N) is 4. The number of aromatic nitrogens is 4. The molecule has 0 aliphatic carbocycles. The van der Waals surface area contributed by atoms with E-state index >= 15 is 0 Å². The minimum absolute atomic E-state index is 0.749. The second kappa shape index (κ2) is 3.47. The first kappa shape index (κ1) is 8.60. The van der Waals surface area contributed by atoms with Crippen molar-refractivity contribution in [1.29, 1.82) is 0 Å². The molecule has 6 nitrogen and oxygen atoms in total. The Morgan fingerprint density at radius 1 is 1.33 bits per heavy atom. The van der Waals surface area contributed by atoms with Crippen molar-refractivity contribution >= 4 is 16.9 Å². The number of morpholine rings is 1. The fraction of sp³-hybridized carbons (Fsp3) is 0.444. The number of hydrogen-bond donors (Lipinski definition) is 1. The van der Waals surface area contributed by atoms with Gasteiger partial charge in [-0.3, -0.25) is 5.10 Å². The van der Waals surface area contributed by atoms with Crippen LogP contribution in [0.3, 0.4) is 0 Å². The molecule has 1 saturated heterocycles. The number of aromatic amines is 1. The lowest BCUT2D eigenvalue weighted by Crippen LogP contribution is -2.36. The molecule has 2 aromatic rings. The van der Waals surface area contributed by atoms with Crippen LogP contribution in [0.2, 0.25) is 0 Å². The number of hydrogen-bond acceptors (Lipinski definition) is 5. The summed E-state index contributed by atoms with van der Waals surface area (Å²) in [6.45, 7) is 3.23. The number of H-pyrrole nitrogens is 1. The summed E-state index contributed by atoms with van der Waals surface area (Å²) >= 11 is 0. The molecule has 1 aliphatic rings. The van der Waals surface area contributed by atoms with Crippen LogP contribution in [0.25, 0.3) is 11.0 Å². The Morgan fingerprint density at radius 2 is 2.20 bits per heavy atom. The Bertz CT molecular complexity index is 462. The van der Waals surface area contributed by atoms with Crippen LogP contribution in [0.4, 0.5) is 5.82 Å². The third kappa shape index (κ3) is 1.42. The van der Waals surface area contributed by atoms with Crippen molar-refractivity contribution in [2.24, 2.45) is 0 Å². The lowest BCUT2D eigenvalue weighted by molar-refractivity contribution is 0.122. The highest BCUT2D eigenvalue weighted by Gasteiger charge is 2.17. The molecular weight excluding hydrogens is 194 g/mol. The maximum Gasteiger partial charge on any atom is 0.177 e. The molecule has 0 amide bonds. The van der Waals surface area contributed by atoms with Crippen LogP contribution in [0.15, 0.2) is 12.5 Å². The quantitative estimate of drug-likeness (QED) is 0.719. The van der Waals surface area contributed by atoms with Crippen LogP contribution in [-0.2, 0) is 4.74 Å². The zero-order valence-corrected chi connectivity index (χ0v) is 8.18. The first-order valence-electron chi connectivity index (χ1n) is 4.92. The van der Waals surface area contributed by atoms with Crippen LogP contribution in [0.1, 0.15) is 0 Å². The average molecular weight is 205 g/mol. The standard InChI is InChI=1S/C9H11N5O/c1-3-15-4-2-14(1)9-8-7(12-13-9)5-10-6-11-8/h5-6H,1-4H2,(H,12,13). The van der Waals surface area contributed by atoms with Gasteiger partial charge in [0.15, 0.2) is 5.82 Å². The predicted molar refractivity (Wildman–Crippen MR) is 54.7 cm³/mol. The first-order valence-corrected chi connectivity index (χ1v) is 4.92. The fourth-order valence-electron chi connectivity index (χ4n) is 1.75. The summed E-state index contributed by atoms with van der Waals surface area (Å²) in [6, 6.07) is 0. The molecule has 0 saturated carbocycles. The second-order valence-electron chi connectivity index (χ2n) is 3.43. The molecule has 1 N–H and O–H groups in total. The molecule has 78 valence electrons. The van der Waals surface area contributed by atoms with Gasteiger partial charge in [0.2, 0.25) is 0 Å². The van der Waals surface area contributed by atoms with Gasteiger partial charge in [0.25, 0.3) is 0 Å². The molecule has 15 heavy (non-hydrogen) atoms. The SMILES string of the molecule is c1ncc2[nH]nc(N3CCOCC3)c2n1. The molecule has 3 rings (SSSR count). The number of ether oxygens (including phenoxy) is 1. The smallest absolute Gasteiger partial charge is 0.177 e. The minimum atomic E-state index is 0.749. The van der Waals surface area contributed by atoms with Gasteiger partial charge >= 0.3 is 0 Å². The summed E-state index contributed by atoms with van der Waals surface area (Å²) in [6.07, 6.45) is 3.28. The van der Waals surface area contributed by atoms with E-state index in [0.717, 1.165) is 43.2 Å². The van der Waals surface area contributed by atoms with Crippen molar-refractivity contribution in [2.45, 2.75) is 0 Å². The molecule has 2 aromatic heterocycles. The molecule has 6 heteroatoms. The lowest BCUT2D eigenvalue weighted by Gasteiger charge is -2.26. The van der Waals surface area contributed by atoms with Gasteiger partial charge in [-0.25, -0.2) is 9.97 Å². The van der Waals surface area contributed by atoms with Gasteiger partial charge in [0.1, 0.15) is 17.4 Å². The van der Waals surface area contributed by atoms with Crippen molar-refractivity contribution in [1.82, 2.24) is 20.2 Å². The second-order valence-corrected chi connectivity index (χ2v) is 3.43. The van der Waals surface area contributed by atoms with Crippen molar-refractivity contribution in [3.05, 3.63) is 12.5 Å². The summed E-state index contributed by atoms with van der Waals surface area (Å²) < 4.78 is 5.30. The van der Waals surface area contributed by atoms with Crippen LogP contribution in [0.5, 0.6) is 0 Å². The van der Waals surface area contributed by atoms with Gasteiger partial charge in [-0.15, -0.1) is 0 Å². The van der Waals surface area contributed by atoms with Gasteiger partial charge in [0.05, 0.1) is 19.4 Å². The van der Waals surface area contributed by atoms with Crippen LogP contribution >= 0.6 is 0 Å². The van der Waals surface area contributed by atoms with Gasteiger partial charge < -0.3 is 9.64 Å². The summed E-state index contributed by atoms with van der Waals surface area (Å²) in [5.41, 5.74) is 1.76. The van der Waals surface area contributed by atoms with E-state index in [4.69, 9.17) is 4.74 Å². The highest BCUT2D eigenvalue weighted by molar-refractivity contribution is 5.85. The Kier molecular flexibility index (Phi) is 1.99. The Balaban J connectivity index is 2.02. The van der Waals surface area contributed by atoms with E-state index in [1.165, 1.54) is 0 Å². The molecule has 3 heterocycles. The Morgan fingerprint density at radius 3 is 3.07 bits per heavy atom. The highest BCUT2D eigenvalue weighted by Crippen LogP contribution is 2.21. The number of rotatable bonds is 1. The first-order chi connectivity index (χ1) is 7.45. The normalized spacial score (nSPS) is 17.2. The van der Waals surface area contributed by atoms with Crippen molar-refractivity contribution < 1.29 is 4.74 Å². The molecular formula is C9H11N5O. The van der Waals surface area contributed by atoms with Crippen LogP contribution in [-0.4, -0.2) is 46.5 Å². The van der Waals surface area contributed by atoms with E-state index < -0.39 is 0 Å². The van der Waals surface area contributed by atoms with E-state index in [1.807, 2.05) is 0 Å². The van der Waals surface area contributed by atoms with Crippen LogP contribution < -0.4 is 4.90 Å². The molecule has 0 radical (unpaired) electrons. The number of nitrogens with one attached hydrogen (secondary N) is 1. The van der Waals surface area contributed by atoms with Gasteiger partial charge in [-0.1, -0.05) is 0 Å². The molecule has 1 aliphatic heterocycles. The third-order valence-corrected chi connectivity index (χ3v) is 2.52. The fourth-order valence-corrected chi connectivity index (χ4v) is 1.75. The zero-order valence-electron chi connectivity index (χ0n) is 8.18. The number of fused-ring (bicyclic) bond motifs is 1.